The minimum absolute atomic E-state index is 0.0984. The van der Waals surface area contributed by atoms with Gasteiger partial charge in [0.25, 0.3) is 10.0 Å². The Morgan fingerprint density at radius 1 is 1.06 bits per heavy atom. The van der Waals surface area contributed by atoms with E-state index in [1.807, 2.05) is 17.0 Å². The Hall–Kier alpha value is -2.91. The zero-order chi connectivity index (χ0) is 23.3. The predicted molar refractivity (Wildman–Crippen MR) is 129 cm³/mol. The van der Waals surface area contributed by atoms with Crippen molar-refractivity contribution >= 4 is 33.1 Å². The molecule has 0 radical (unpaired) electrons. The number of nitrogens with one attached hydrogen (secondary N) is 1. The first kappa shape index (κ1) is 23.3. The molecule has 3 heterocycles. The fourth-order valence-electron chi connectivity index (χ4n) is 3.75. The van der Waals surface area contributed by atoms with Crippen LogP contribution in [0.3, 0.4) is 0 Å². The largest absolute Gasteiger partial charge is 0.467 e. The molecule has 9 heteroatoms. The molecule has 0 atom stereocenters. The standard InChI is InChI=1S/C24H27N3O4S2/c1-18-12-13-20(32-18)17-27(16-19-8-7-15-31-19)23(28)11-3-2-6-14-25-24-21-9-4-5-10-22(21)33(29,30)26-24/h4-5,7-10,12-13,15H,2-3,6,11,14,16-17H2,1H3,(H,25,26). The van der Waals surface area contributed by atoms with Crippen LogP contribution in [0.2, 0.25) is 0 Å². The number of carbonyl (C=O) groups excluding carboxylic acids is 1. The van der Waals surface area contributed by atoms with Gasteiger partial charge in [-0.1, -0.05) is 18.6 Å². The highest BCUT2D eigenvalue weighted by Gasteiger charge is 2.29. The number of aryl methyl sites for hydroxylation is 1. The molecule has 0 unspecified atom stereocenters. The molecule has 0 spiro atoms. The summed E-state index contributed by atoms with van der Waals surface area (Å²) < 4.78 is 32.3. The summed E-state index contributed by atoms with van der Waals surface area (Å²) in [6.07, 6.45) is 4.45. The topological polar surface area (TPSA) is 92.0 Å². The Balaban J connectivity index is 1.26. The van der Waals surface area contributed by atoms with Crippen LogP contribution in [-0.2, 0) is 27.9 Å². The predicted octanol–water partition coefficient (Wildman–Crippen LogP) is 4.48. The normalized spacial score (nSPS) is 15.4. The number of furan rings is 1. The van der Waals surface area contributed by atoms with Crippen molar-refractivity contribution < 1.29 is 17.6 Å². The molecular formula is C24H27N3O4S2. The fraction of sp³-hybridized carbons (Fsp3) is 0.333. The number of aliphatic imine (C=N–C) groups is 1. The van der Waals surface area contributed by atoms with Crippen molar-refractivity contribution in [1.29, 1.82) is 0 Å². The van der Waals surface area contributed by atoms with Crippen LogP contribution in [0, 0.1) is 6.92 Å². The average molecular weight is 486 g/mol. The highest BCUT2D eigenvalue weighted by molar-refractivity contribution is 7.90. The SMILES string of the molecule is Cc1ccc(CN(Cc2ccco2)C(=O)CCCCCN=C2NS(=O)(=O)c3ccccc32)s1. The molecule has 2 aromatic heterocycles. The van der Waals surface area contributed by atoms with Crippen molar-refractivity contribution in [2.24, 2.45) is 4.99 Å². The average Bonchev–Trinajstić information content (AvgIpc) is 3.51. The lowest BCUT2D eigenvalue weighted by Crippen LogP contribution is -2.29. The van der Waals surface area contributed by atoms with E-state index in [1.165, 1.54) is 4.88 Å². The number of benzene rings is 1. The van der Waals surface area contributed by atoms with Gasteiger partial charge in [-0.15, -0.1) is 11.3 Å². The van der Waals surface area contributed by atoms with Crippen molar-refractivity contribution in [3.8, 4) is 0 Å². The monoisotopic (exact) mass is 485 g/mol. The van der Waals surface area contributed by atoms with Gasteiger partial charge in [0.2, 0.25) is 5.91 Å². The number of hydrogen-bond acceptors (Lipinski definition) is 6. The van der Waals surface area contributed by atoms with Crippen LogP contribution in [-0.4, -0.2) is 31.6 Å². The second kappa shape index (κ2) is 10.4. The summed E-state index contributed by atoms with van der Waals surface area (Å²) in [5.41, 5.74) is 0.616. The Bertz CT molecular complexity index is 1230. The van der Waals surface area contributed by atoms with Crippen LogP contribution in [0.5, 0.6) is 0 Å². The molecule has 0 bridgehead atoms. The van der Waals surface area contributed by atoms with Gasteiger partial charge in [0.1, 0.15) is 11.6 Å². The Morgan fingerprint density at radius 2 is 1.91 bits per heavy atom. The summed E-state index contributed by atoms with van der Waals surface area (Å²) in [5.74, 6) is 1.27. The zero-order valence-electron chi connectivity index (χ0n) is 18.5. The summed E-state index contributed by atoms with van der Waals surface area (Å²) in [6.45, 7) is 3.59. The first-order chi connectivity index (χ1) is 15.9. The van der Waals surface area contributed by atoms with Crippen LogP contribution in [0.1, 0.15) is 46.8 Å². The van der Waals surface area contributed by atoms with Crippen LogP contribution >= 0.6 is 11.3 Å². The number of amides is 1. The van der Waals surface area contributed by atoms with Gasteiger partial charge in [-0.25, -0.2) is 8.42 Å². The molecule has 1 amide bonds. The van der Waals surface area contributed by atoms with Gasteiger partial charge < -0.3 is 9.32 Å². The van der Waals surface area contributed by atoms with E-state index < -0.39 is 10.0 Å². The summed E-state index contributed by atoms with van der Waals surface area (Å²) in [7, 11) is -3.51. The Kier molecular flexibility index (Phi) is 7.29. The van der Waals surface area contributed by atoms with Gasteiger partial charge in [-0.2, -0.15) is 0 Å². The molecule has 0 saturated heterocycles. The van der Waals surface area contributed by atoms with Crippen LogP contribution < -0.4 is 4.72 Å². The molecule has 1 N–H and O–H groups in total. The molecule has 0 saturated carbocycles. The maximum atomic E-state index is 12.9. The maximum absolute atomic E-state index is 12.9. The smallest absolute Gasteiger partial charge is 0.263 e. The molecule has 7 nitrogen and oxygen atoms in total. The summed E-state index contributed by atoms with van der Waals surface area (Å²) in [5, 5.41) is 0. The molecule has 0 aliphatic carbocycles. The van der Waals surface area contributed by atoms with Gasteiger partial charge in [0, 0.05) is 28.3 Å². The number of hydrogen-bond donors (Lipinski definition) is 1. The van der Waals surface area contributed by atoms with Crippen molar-refractivity contribution in [3.05, 3.63) is 75.9 Å². The van der Waals surface area contributed by atoms with Gasteiger partial charge in [-0.3, -0.25) is 14.5 Å². The molecule has 3 aromatic rings. The Morgan fingerprint density at radius 3 is 2.67 bits per heavy atom. The van der Waals surface area contributed by atoms with E-state index >= 15 is 0 Å². The number of sulfonamides is 1. The van der Waals surface area contributed by atoms with E-state index in [1.54, 1.807) is 41.9 Å². The van der Waals surface area contributed by atoms with E-state index in [2.05, 4.69) is 28.8 Å². The second-order valence-electron chi connectivity index (χ2n) is 7.98. The molecule has 4 rings (SSSR count). The lowest BCUT2D eigenvalue weighted by atomic mass is 10.1. The maximum Gasteiger partial charge on any atom is 0.263 e. The number of fused-ring (bicyclic) bond motifs is 1. The minimum Gasteiger partial charge on any atom is -0.467 e. The van der Waals surface area contributed by atoms with Crippen molar-refractivity contribution in [2.45, 2.75) is 50.6 Å². The van der Waals surface area contributed by atoms with E-state index in [0.717, 1.165) is 29.9 Å². The van der Waals surface area contributed by atoms with E-state index in [-0.39, 0.29) is 10.8 Å². The molecular weight excluding hydrogens is 458 g/mol. The summed E-state index contributed by atoms with van der Waals surface area (Å²) in [6, 6.07) is 14.7. The fourth-order valence-corrected chi connectivity index (χ4v) is 5.90. The van der Waals surface area contributed by atoms with Gasteiger partial charge in [0.15, 0.2) is 0 Å². The third kappa shape index (κ3) is 5.91. The third-order valence-corrected chi connectivity index (χ3v) is 7.79. The molecule has 0 fully saturated rings. The van der Waals surface area contributed by atoms with E-state index in [9.17, 15) is 13.2 Å². The van der Waals surface area contributed by atoms with E-state index in [4.69, 9.17) is 4.42 Å². The first-order valence-corrected chi connectivity index (χ1v) is 13.2. The van der Waals surface area contributed by atoms with Gasteiger partial charge >= 0.3 is 0 Å². The van der Waals surface area contributed by atoms with Crippen LogP contribution in [0.25, 0.3) is 0 Å². The number of unbranched alkanes of at least 4 members (excludes halogenated alkanes) is 2. The lowest BCUT2D eigenvalue weighted by molar-refractivity contribution is -0.132. The molecule has 174 valence electrons. The highest BCUT2D eigenvalue weighted by atomic mass is 32.2. The quantitative estimate of drug-likeness (QED) is 0.429. The lowest BCUT2D eigenvalue weighted by Gasteiger charge is -2.21. The van der Waals surface area contributed by atoms with Crippen LogP contribution in [0.4, 0.5) is 0 Å². The number of nitrogens with zero attached hydrogens (tertiary/aromatic N) is 2. The van der Waals surface area contributed by atoms with E-state index in [0.29, 0.717) is 37.5 Å². The molecule has 33 heavy (non-hydrogen) atoms. The molecule has 1 aromatic carbocycles. The third-order valence-electron chi connectivity index (χ3n) is 5.40. The second-order valence-corrected chi connectivity index (χ2v) is 11.0. The van der Waals surface area contributed by atoms with Crippen molar-refractivity contribution in [1.82, 2.24) is 9.62 Å². The van der Waals surface area contributed by atoms with Gasteiger partial charge in [-0.05, 0) is 56.2 Å². The van der Waals surface area contributed by atoms with Crippen molar-refractivity contribution in [3.63, 3.8) is 0 Å². The molecule has 1 aliphatic heterocycles. The van der Waals surface area contributed by atoms with Gasteiger partial charge in [0.05, 0.1) is 24.2 Å². The first-order valence-electron chi connectivity index (χ1n) is 10.9. The number of thiophene rings is 1. The molecule has 1 aliphatic rings. The van der Waals surface area contributed by atoms with Crippen LogP contribution in [0.15, 0.2) is 69.1 Å². The Labute approximate surface area is 198 Å². The van der Waals surface area contributed by atoms with Crippen molar-refractivity contribution in [2.75, 3.05) is 6.54 Å². The number of amidine groups is 1. The highest BCUT2D eigenvalue weighted by Crippen LogP contribution is 2.22. The number of rotatable bonds is 10. The summed E-state index contributed by atoms with van der Waals surface area (Å²) >= 11 is 1.70. The minimum atomic E-state index is -3.51. The number of carbonyl (C=O) groups is 1. The zero-order valence-corrected chi connectivity index (χ0v) is 20.1. The summed E-state index contributed by atoms with van der Waals surface area (Å²) in [4.78, 5) is 21.8.